The van der Waals surface area contributed by atoms with Gasteiger partial charge in [0, 0.05) is 20.2 Å². The summed E-state index contributed by atoms with van der Waals surface area (Å²) in [7, 11) is 1.59. The normalized spacial score (nSPS) is 10.1. The molecule has 1 amide bonds. The third-order valence-corrected chi connectivity index (χ3v) is 2.62. The van der Waals surface area contributed by atoms with Gasteiger partial charge in [-0.05, 0) is 6.42 Å². The molecule has 1 aromatic heterocycles. The van der Waals surface area contributed by atoms with E-state index in [1.54, 1.807) is 7.11 Å². The molecule has 0 atom stereocenters. The lowest BCUT2D eigenvalue weighted by atomic mass is 10.5. The molecule has 2 N–H and O–H groups in total. The van der Waals surface area contributed by atoms with Gasteiger partial charge in [0.15, 0.2) is 0 Å². The molecule has 0 spiro atoms. The van der Waals surface area contributed by atoms with Crippen molar-refractivity contribution in [3.63, 3.8) is 0 Å². The van der Waals surface area contributed by atoms with E-state index in [0.717, 1.165) is 13.0 Å². The summed E-state index contributed by atoms with van der Waals surface area (Å²) in [6.07, 6.45) is 1.01. The quantitative estimate of drug-likeness (QED) is 0.692. The smallest absolute Gasteiger partial charge is 0.282 e. The molecule has 0 aliphatic heterocycles. The average molecular weight is 244 g/mol. The van der Waals surface area contributed by atoms with Crippen molar-refractivity contribution in [3.8, 4) is 0 Å². The second kappa shape index (κ2) is 7.13. The maximum Gasteiger partial charge on any atom is 0.282 e. The number of ether oxygens (including phenoxy) is 1. The first-order valence-electron chi connectivity index (χ1n) is 5.12. The van der Waals surface area contributed by atoms with Gasteiger partial charge in [-0.3, -0.25) is 4.79 Å². The van der Waals surface area contributed by atoms with Crippen LogP contribution in [0.4, 0.5) is 5.13 Å². The van der Waals surface area contributed by atoms with Gasteiger partial charge in [0.05, 0.1) is 6.61 Å². The van der Waals surface area contributed by atoms with Gasteiger partial charge in [-0.1, -0.05) is 18.3 Å². The fourth-order valence-electron chi connectivity index (χ4n) is 0.961. The standard InChI is InChI=1S/C9H16N4O2S/c1-3-4-11-9-13-12-8(16-9)7(14)10-5-6-15-2/h3-6H2,1-2H3,(H,10,14)(H,11,13). The summed E-state index contributed by atoms with van der Waals surface area (Å²) >= 11 is 1.25. The van der Waals surface area contributed by atoms with Crippen molar-refractivity contribution < 1.29 is 9.53 Å². The predicted molar refractivity (Wildman–Crippen MR) is 62.9 cm³/mol. The number of hydrogen-bond donors (Lipinski definition) is 2. The van der Waals surface area contributed by atoms with Crippen molar-refractivity contribution in [1.82, 2.24) is 15.5 Å². The van der Waals surface area contributed by atoms with E-state index in [9.17, 15) is 4.79 Å². The van der Waals surface area contributed by atoms with E-state index in [1.165, 1.54) is 11.3 Å². The number of nitrogens with one attached hydrogen (secondary N) is 2. The minimum Gasteiger partial charge on any atom is -0.383 e. The van der Waals surface area contributed by atoms with E-state index in [0.29, 0.717) is 23.3 Å². The van der Waals surface area contributed by atoms with Gasteiger partial charge in [0.2, 0.25) is 10.1 Å². The van der Waals surface area contributed by atoms with E-state index in [1.807, 2.05) is 0 Å². The van der Waals surface area contributed by atoms with Gasteiger partial charge >= 0.3 is 0 Å². The van der Waals surface area contributed by atoms with Crippen LogP contribution in [0.5, 0.6) is 0 Å². The Kier molecular flexibility index (Phi) is 5.73. The molecular formula is C9H16N4O2S. The van der Waals surface area contributed by atoms with Crippen molar-refractivity contribution in [3.05, 3.63) is 5.01 Å². The first-order valence-corrected chi connectivity index (χ1v) is 5.94. The topological polar surface area (TPSA) is 76.1 Å². The van der Waals surface area contributed by atoms with Crippen molar-refractivity contribution in [2.75, 3.05) is 32.1 Å². The lowest BCUT2D eigenvalue weighted by molar-refractivity contribution is 0.0936. The molecule has 1 aromatic rings. The average Bonchev–Trinajstić information content (AvgIpc) is 2.75. The number of aromatic nitrogens is 2. The molecule has 0 aliphatic carbocycles. The zero-order valence-electron chi connectivity index (χ0n) is 9.45. The monoisotopic (exact) mass is 244 g/mol. The predicted octanol–water partition coefficient (Wildman–Crippen LogP) is 0.736. The minimum absolute atomic E-state index is 0.209. The van der Waals surface area contributed by atoms with E-state index in [-0.39, 0.29) is 5.91 Å². The van der Waals surface area contributed by atoms with Crippen LogP contribution in [0, 0.1) is 0 Å². The van der Waals surface area contributed by atoms with Crippen LogP contribution in [-0.2, 0) is 4.74 Å². The van der Waals surface area contributed by atoms with Crippen LogP contribution in [0.25, 0.3) is 0 Å². The summed E-state index contributed by atoms with van der Waals surface area (Å²) in [5.74, 6) is -0.209. The number of carbonyl (C=O) groups excluding carboxylic acids is 1. The van der Waals surface area contributed by atoms with Crippen molar-refractivity contribution in [2.24, 2.45) is 0 Å². The Labute approximate surface area is 98.4 Å². The molecule has 0 aliphatic rings. The molecule has 0 fully saturated rings. The number of hydrogen-bond acceptors (Lipinski definition) is 6. The highest BCUT2D eigenvalue weighted by Crippen LogP contribution is 2.14. The molecule has 6 nitrogen and oxygen atoms in total. The Morgan fingerprint density at radius 1 is 1.44 bits per heavy atom. The molecule has 0 unspecified atom stereocenters. The highest BCUT2D eigenvalue weighted by Gasteiger charge is 2.11. The van der Waals surface area contributed by atoms with Crippen LogP contribution in [-0.4, -0.2) is 42.9 Å². The van der Waals surface area contributed by atoms with E-state index >= 15 is 0 Å². The first kappa shape index (κ1) is 12.9. The number of carbonyl (C=O) groups is 1. The fraction of sp³-hybridized carbons (Fsp3) is 0.667. The molecule has 0 radical (unpaired) electrons. The van der Waals surface area contributed by atoms with Crippen LogP contribution < -0.4 is 10.6 Å². The van der Waals surface area contributed by atoms with Gasteiger partial charge in [-0.25, -0.2) is 0 Å². The maximum absolute atomic E-state index is 11.5. The lowest BCUT2D eigenvalue weighted by Gasteiger charge is -2.00. The Balaban J connectivity index is 2.40. The van der Waals surface area contributed by atoms with E-state index in [2.05, 4.69) is 27.8 Å². The van der Waals surface area contributed by atoms with Crippen molar-refractivity contribution >= 4 is 22.4 Å². The summed E-state index contributed by atoms with van der Waals surface area (Å²) in [6.45, 7) is 3.87. The largest absolute Gasteiger partial charge is 0.383 e. The third-order valence-electron chi connectivity index (χ3n) is 1.74. The molecule has 0 bridgehead atoms. The maximum atomic E-state index is 11.5. The Bertz CT molecular complexity index is 329. The number of anilines is 1. The van der Waals surface area contributed by atoms with Crippen LogP contribution in [0.15, 0.2) is 0 Å². The summed E-state index contributed by atoms with van der Waals surface area (Å²) in [6, 6.07) is 0. The van der Waals surface area contributed by atoms with Crippen molar-refractivity contribution in [1.29, 1.82) is 0 Å². The molecule has 0 aromatic carbocycles. The van der Waals surface area contributed by atoms with Crippen molar-refractivity contribution in [2.45, 2.75) is 13.3 Å². The molecule has 1 rings (SSSR count). The number of amides is 1. The number of rotatable bonds is 7. The zero-order valence-corrected chi connectivity index (χ0v) is 10.3. The summed E-state index contributed by atoms with van der Waals surface area (Å²) < 4.78 is 4.83. The lowest BCUT2D eigenvalue weighted by Crippen LogP contribution is -2.26. The molecule has 90 valence electrons. The molecule has 16 heavy (non-hydrogen) atoms. The third kappa shape index (κ3) is 4.11. The molecular weight excluding hydrogens is 228 g/mol. The molecule has 7 heteroatoms. The Morgan fingerprint density at radius 3 is 2.94 bits per heavy atom. The highest BCUT2D eigenvalue weighted by atomic mass is 32.1. The van der Waals surface area contributed by atoms with Gasteiger partial charge in [-0.2, -0.15) is 0 Å². The van der Waals surface area contributed by atoms with Crippen LogP contribution in [0.3, 0.4) is 0 Å². The van der Waals surface area contributed by atoms with Gasteiger partial charge in [0.25, 0.3) is 5.91 Å². The summed E-state index contributed by atoms with van der Waals surface area (Å²) in [4.78, 5) is 11.5. The Morgan fingerprint density at radius 2 is 2.25 bits per heavy atom. The summed E-state index contributed by atoms with van der Waals surface area (Å²) in [5.41, 5.74) is 0. The van der Waals surface area contributed by atoms with Gasteiger partial charge in [-0.15, -0.1) is 10.2 Å². The second-order valence-corrected chi connectivity index (χ2v) is 4.07. The van der Waals surface area contributed by atoms with Crippen LogP contribution in [0.1, 0.15) is 23.1 Å². The molecule has 1 heterocycles. The first-order chi connectivity index (χ1) is 7.77. The van der Waals surface area contributed by atoms with Gasteiger partial charge < -0.3 is 15.4 Å². The Hall–Kier alpha value is -1.21. The second-order valence-electron chi connectivity index (χ2n) is 3.09. The highest BCUT2D eigenvalue weighted by molar-refractivity contribution is 7.17. The zero-order chi connectivity index (χ0) is 11.8. The minimum atomic E-state index is -0.209. The fourth-order valence-corrected chi connectivity index (χ4v) is 1.65. The van der Waals surface area contributed by atoms with E-state index < -0.39 is 0 Å². The van der Waals surface area contributed by atoms with E-state index in [4.69, 9.17) is 4.74 Å². The number of nitrogens with zero attached hydrogens (tertiary/aromatic N) is 2. The molecule has 0 saturated carbocycles. The summed E-state index contributed by atoms with van der Waals surface area (Å²) in [5, 5.41) is 14.5. The van der Waals surface area contributed by atoms with Crippen LogP contribution >= 0.6 is 11.3 Å². The molecule has 0 saturated heterocycles. The number of methoxy groups -OCH3 is 1. The van der Waals surface area contributed by atoms with Gasteiger partial charge in [0.1, 0.15) is 0 Å². The SMILES string of the molecule is CCCNc1nnc(C(=O)NCCOC)s1. The van der Waals surface area contributed by atoms with Crippen LogP contribution in [0.2, 0.25) is 0 Å².